The minimum absolute atomic E-state index is 0. The molecule has 0 amide bonds. The summed E-state index contributed by atoms with van der Waals surface area (Å²) in [5, 5.41) is 10.0. The van der Waals surface area contributed by atoms with Crippen LogP contribution in [0.3, 0.4) is 0 Å². The van der Waals surface area contributed by atoms with Crippen LogP contribution in [0.1, 0.15) is 19.8 Å². The van der Waals surface area contributed by atoms with E-state index in [-0.39, 0.29) is 41.3 Å². The molecule has 10 heavy (non-hydrogen) atoms. The molecule has 0 saturated heterocycles. The van der Waals surface area contributed by atoms with E-state index >= 15 is 0 Å². The van der Waals surface area contributed by atoms with E-state index in [1.54, 1.807) is 6.92 Å². The third kappa shape index (κ3) is 2.45. The quantitative estimate of drug-likeness (QED) is 0.242. The topological polar surface area (TPSA) is 40.1 Å². The molecule has 0 aliphatic heterocycles. The Morgan fingerprint density at radius 1 is 1.60 bits per heavy atom. The number of rotatable bonds is 2. The summed E-state index contributed by atoms with van der Waals surface area (Å²) in [6.07, 6.45) is 2.59. The van der Waals surface area contributed by atoms with Gasteiger partial charge in [0.2, 0.25) is 0 Å². The summed E-state index contributed by atoms with van der Waals surface area (Å²) >= 11 is 0. The summed E-state index contributed by atoms with van der Waals surface area (Å²) < 4.78 is 0. The minimum atomic E-state index is 0. The maximum absolute atomic E-state index is 10.9. The van der Waals surface area contributed by atoms with Gasteiger partial charge in [-0.15, -0.1) is 6.26 Å². The van der Waals surface area contributed by atoms with Crippen LogP contribution >= 0.6 is 0 Å². The number of allylic oxidation sites excluding steroid dienone is 1. The van der Waals surface area contributed by atoms with E-state index < -0.39 is 0 Å². The van der Waals surface area contributed by atoms with Crippen molar-refractivity contribution in [1.82, 2.24) is 0 Å². The van der Waals surface area contributed by atoms with Crippen molar-refractivity contribution < 1.29 is 39.5 Å². The molecule has 0 atom stereocenters. The molecular formula is C7H9NaO2. The van der Waals surface area contributed by atoms with Gasteiger partial charge < -0.3 is 5.11 Å². The fourth-order valence-electron chi connectivity index (χ4n) is 0.726. The van der Waals surface area contributed by atoms with E-state index in [1.165, 1.54) is 0 Å². The zero-order valence-electron chi connectivity index (χ0n) is 6.39. The molecule has 0 aromatic carbocycles. The van der Waals surface area contributed by atoms with Crippen molar-refractivity contribution in [3.05, 3.63) is 11.8 Å². The molecule has 50 valence electrons. The van der Waals surface area contributed by atoms with Crippen LogP contribution in [0.25, 0.3) is 0 Å². The molecular weight excluding hydrogens is 139 g/mol. The summed E-state index contributed by atoms with van der Waals surface area (Å²) in [5.74, 6) is 0.236. The molecule has 0 N–H and O–H groups in total. The fraction of sp³-hybridized carbons (Fsp3) is 0.571. The monoisotopic (exact) mass is 148 g/mol. The normalized spacial score (nSPS) is 17.9. The van der Waals surface area contributed by atoms with Crippen LogP contribution in [0, 0.1) is 5.92 Å². The molecule has 1 saturated carbocycles. The molecule has 1 rings (SSSR count). The first-order valence-corrected chi connectivity index (χ1v) is 3.08. The second-order valence-electron chi connectivity index (χ2n) is 2.44. The second kappa shape index (κ2) is 4.16. The standard InChI is InChI=1S/C7H10O2.Na/c1-5(4-8)7(9)6-2-3-6;/h4,6,8H,2-3H2,1H3;/q;+1/p-1. The maximum Gasteiger partial charge on any atom is 1.00 e. The number of Topliss-reactive ketones (excluding diaryl/α,β-unsaturated/α-hetero) is 1. The Bertz CT molecular complexity index is 159. The Labute approximate surface area is 82.6 Å². The summed E-state index contributed by atoms with van der Waals surface area (Å²) in [7, 11) is 0. The first kappa shape index (κ1) is 10.2. The average molecular weight is 148 g/mol. The van der Waals surface area contributed by atoms with Gasteiger partial charge >= 0.3 is 29.6 Å². The van der Waals surface area contributed by atoms with Crippen LogP contribution in [0.15, 0.2) is 11.8 Å². The second-order valence-corrected chi connectivity index (χ2v) is 2.44. The van der Waals surface area contributed by atoms with Gasteiger partial charge in [-0.25, -0.2) is 0 Å². The van der Waals surface area contributed by atoms with E-state index in [0.717, 1.165) is 12.8 Å². The molecule has 0 bridgehead atoms. The van der Waals surface area contributed by atoms with Crippen LogP contribution in [-0.4, -0.2) is 5.78 Å². The number of ketones is 1. The van der Waals surface area contributed by atoms with Gasteiger partial charge in [0, 0.05) is 5.92 Å². The van der Waals surface area contributed by atoms with Gasteiger partial charge in [0.1, 0.15) is 0 Å². The minimum Gasteiger partial charge on any atom is -0.878 e. The van der Waals surface area contributed by atoms with Crippen molar-refractivity contribution in [3.63, 3.8) is 0 Å². The zero-order valence-corrected chi connectivity index (χ0v) is 8.39. The molecule has 1 fully saturated rings. The average Bonchev–Trinajstić information content (AvgIpc) is 2.66. The number of hydrogen-bond donors (Lipinski definition) is 0. The number of carbonyl (C=O) groups is 1. The molecule has 0 aromatic heterocycles. The maximum atomic E-state index is 10.9. The molecule has 0 spiro atoms. The van der Waals surface area contributed by atoms with Crippen LogP contribution in [0.4, 0.5) is 0 Å². The van der Waals surface area contributed by atoms with E-state index in [4.69, 9.17) is 0 Å². The predicted molar refractivity (Wildman–Crippen MR) is 31.5 cm³/mol. The van der Waals surface area contributed by atoms with Crippen LogP contribution < -0.4 is 34.7 Å². The zero-order chi connectivity index (χ0) is 6.85. The molecule has 3 heteroatoms. The van der Waals surface area contributed by atoms with Gasteiger partial charge in [-0.05, 0) is 25.3 Å². The smallest absolute Gasteiger partial charge is 0.878 e. The van der Waals surface area contributed by atoms with Crippen molar-refractivity contribution in [2.75, 3.05) is 0 Å². The van der Waals surface area contributed by atoms with Crippen molar-refractivity contribution in [2.24, 2.45) is 5.92 Å². The number of hydrogen-bond acceptors (Lipinski definition) is 2. The van der Waals surface area contributed by atoms with Crippen molar-refractivity contribution >= 4 is 5.78 Å². The Morgan fingerprint density at radius 2 is 2.10 bits per heavy atom. The summed E-state index contributed by atoms with van der Waals surface area (Å²) in [6.45, 7) is 1.58. The largest absolute Gasteiger partial charge is 1.00 e. The van der Waals surface area contributed by atoms with Gasteiger partial charge in [-0.2, -0.15) is 0 Å². The van der Waals surface area contributed by atoms with Gasteiger partial charge in [0.05, 0.1) is 0 Å². The summed E-state index contributed by atoms with van der Waals surface area (Å²) in [5.41, 5.74) is 0.373. The van der Waals surface area contributed by atoms with Crippen molar-refractivity contribution in [3.8, 4) is 0 Å². The third-order valence-corrected chi connectivity index (χ3v) is 1.51. The molecule has 0 unspecified atom stereocenters. The molecule has 1 aliphatic rings. The fourth-order valence-corrected chi connectivity index (χ4v) is 0.726. The van der Waals surface area contributed by atoms with Gasteiger partial charge in [0.25, 0.3) is 0 Å². The van der Waals surface area contributed by atoms with Crippen molar-refractivity contribution in [2.45, 2.75) is 19.8 Å². The first-order chi connectivity index (χ1) is 4.25. The summed E-state index contributed by atoms with van der Waals surface area (Å²) in [6, 6.07) is 0. The van der Waals surface area contributed by atoms with E-state index in [1.807, 2.05) is 0 Å². The molecule has 0 radical (unpaired) electrons. The Morgan fingerprint density at radius 3 is 2.40 bits per heavy atom. The molecule has 0 aromatic rings. The summed E-state index contributed by atoms with van der Waals surface area (Å²) in [4.78, 5) is 10.9. The molecule has 0 heterocycles. The Hall–Kier alpha value is 0.210. The van der Waals surface area contributed by atoms with E-state index in [0.29, 0.717) is 11.8 Å². The van der Waals surface area contributed by atoms with Gasteiger partial charge in [-0.3, -0.25) is 4.79 Å². The Balaban J connectivity index is 0.000000810. The Kier molecular flexibility index (Phi) is 4.25. The van der Waals surface area contributed by atoms with E-state index in [2.05, 4.69) is 0 Å². The van der Waals surface area contributed by atoms with Crippen LogP contribution in [-0.2, 0) is 4.79 Å². The van der Waals surface area contributed by atoms with Gasteiger partial charge in [0.15, 0.2) is 5.78 Å². The van der Waals surface area contributed by atoms with Crippen LogP contribution in [0.5, 0.6) is 0 Å². The molecule has 2 nitrogen and oxygen atoms in total. The predicted octanol–water partition coefficient (Wildman–Crippen LogP) is -2.77. The SMILES string of the molecule is CC(=C[O-])C(=O)C1CC1.[Na+]. The molecule has 1 aliphatic carbocycles. The van der Waals surface area contributed by atoms with E-state index in [9.17, 15) is 9.90 Å². The van der Waals surface area contributed by atoms with Gasteiger partial charge in [-0.1, -0.05) is 0 Å². The third-order valence-electron chi connectivity index (χ3n) is 1.51. The van der Waals surface area contributed by atoms with Crippen LogP contribution in [0.2, 0.25) is 0 Å². The number of carbonyl (C=O) groups excluding carboxylic acids is 1. The first-order valence-electron chi connectivity index (χ1n) is 3.08. The van der Waals surface area contributed by atoms with Crippen molar-refractivity contribution in [1.29, 1.82) is 0 Å².